The molecule has 0 aromatic heterocycles. The first kappa shape index (κ1) is 21.1. The van der Waals surface area contributed by atoms with Crippen molar-refractivity contribution in [3.05, 3.63) is 51.9 Å². The van der Waals surface area contributed by atoms with Crippen LogP contribution >= 0.6 is 0 Å². The van der Waals surface area contributed by atoms with Gasteiger partial charge in [0.25, 0.3) is 0 Å². The number of nitrogens with zero attached hydrogens (tertiary/aromatic N) is 1. The van der Waals surface area contributed by atoms with Crippen molar-refractivity contribution in [2.24, 2.45) is 5.73 Å². The van der Waals surface area contributed by atoms with Gasteiger partial charge >= 0.3 is 12.1 Å². The number of nitrogens with two attached hydrogens (primary N) is 1. The van der Waals surface area contributed by atoms with Gasteiger partial charge in [-0.2, -0.15) is 18.4 Å². The van der Waals surface area contributed by atoms with E-state index in [9.17, 15) is 27.6 Å². The molecule has 0 bridgehead atoms. The van der Waals surface area contributed by atoms with Crippen LogP contribution < -0.4 is 10.5 Å². The fraction of sp³-hybridized carbons (Fsp3) is 0.333. The van der Waals surface area contributed by atoms with Crippen LogP contribution in [0.1, 0.15) is 30.9 Å². The molecule has 28 heavy (non-hydrogen) atoms. The molecule has 1 aliphatic rings. The lowest BCUT2D eigenvalue weighted by atomic mass is 9.80. The number of nitriles is 1. The maximum absolute atomic E-state index is 14.2. The lowest BCUT2D eigenvalue weighted by molar-refractivity contribution is -0.142. The normalized spacial score (nSPS) is 17.1. The highest BCUT2D eigenvalue weighted by molar-refractivity contribution is 5.93. The van der Waals surface area contributed by atoms with E-state index in [1.54, 1.807) is 6.07 Å². The molecule has 150 valence electrons. The van der Waals surface area contributed by atoms with Crippen LogP contribution in [0.3, 0.4) is 0 Å². The highest BCUT2D eigenvalue weighted by Crippen LogP contribution is 2.48. The van der Waals surface area contributed by atoms with E-state index in [-0.39, 0.29) is 18.1 Å². The molecule has 1 heterocycles. The van der Waals surface area contributed by atoms with Gasteiger partial charge < -0.3 is 19.9 Å². The van der Waals surface area contributed by atoms with Gasteiger partial charge in [0.1, 0.15) is 29.0 Å². The van der Waals surface area contributed by atoms with E-state index in [0.717, 1.165) is 13.2 Å². The van der Waals surface area contributed by atoms with Gasteiger partial charge in [0.2, 0.25) is 5.88 Å². The topological polar surface area (TPSA) is 94.6 Å². The molecule has 1 aliphatic heterocycles. The van der Waals surface area contributed by atoms with Gasteiger partial charge in [0.05, 0.1) is 30.8 Å². The van der Waals surface area contributed by atoms with Gasteiger partial charge in [-0.1, -0.05) is 0 Å². The third-order valence-corrected chi connectivity index (χ3v) is 4.05. The predicted molar refractivity (Wildman–Crippen MR) is 87.9 cm³/mol. The van der Waals surface area contributed by atoms with E-state index < -0.39 is 52.0 Å². The van der Waals surface area contributed by atoms with Gasteiger partial charge in [-0.3, -0.25) is 0 Å². The largest absolute Gasteiger partial charge is 0.496 e. The molecule has 0 spiro atoms. The lowest BCUT2D eigenvalue weighted by Gasteiger charge is -2.29. The Kier molecular flexibility index (Phi) is 5.87. The number of hydrogen-bond donors (Lipinski definition) is 1. The number of rotatable bonds is 4. The Morgan fingerprint density at radius 1 is 1.39 bits per heavy atom. The third kappa shape index (κ3) is 3.60. The van der Waals surface area contributed by atoms with Crippen molar-refractivity contribution in [1.82, 2.24) is 0 Å². The Balaban J connectivity index is 2.95. The second-order valence-electron chi connectivity index (χ2n) is 5.65. The fourth-order valence-electron chi connectivity index (χ4n) is 2.97. The maximum Gasteiger partial charge on any atom is 0.419 e. The summed E-state index contributed by atoms with van der Waals surface area (Å²) in [5.41, 5.74) is 2.33. The number of esters is 1. The van der Waals surface area contributed by atoms with E-state index in [4.69, 9.17) is 19.9 Å². The zero-order valence-corrected chi connectivity index (χ0v) is 15.1. The van der Waals surface area contributed by atoms with Crippen LogP contribution in [0.15, 0.2) is 34.9 Å². The van der Waals surface area contributed by atoms with Crippen molar-refractivity contribution in [3.8, 4) is 11.8 Å². The second-order valence-corrected chi connectivity index (χ2v) is 5.65. The number of allylic oxidation sites excluding steroid dienone is 2. The lowest BCUT2D eigenvalue weighted by Crippen LogP contribution is -2.28. The van der Waals surface area contributed by atoms with Crippen LogP contribution in [0.5, 0.6) is 5.75 Å². The first-order valence-electron chi connectivity index (χ1n) is 7.97. The standard InChI is InChI=1S/C18H16F4N2O4/c1-4-27-17(25)12-8(2)28-16(24)9(7-23)13(12)14-11(26-3)6-5-10(19)15(14)18(20,21)22/h5-6,13H,4,24H2,1-3H3. The monoisotopic (exact) mass is 400 g/mol. The van der Waals surface area contributed by atoms with Crippen molar-refractivity contribution >= 4 is 5.97 Å². The Bertz CT molecular complexity index is 913. The number of benzene rings is 1. The average molecular weight is 400 g/mol. The number of carbonyl (C=O) groups excluding carboxylic acids is 1. The van der Waals surface area contributed by atoms with Crippen LogP contribution in [0, 0.1) is 17.1 Å². The summed E-state index contributed by atoms with van der Waals surface area (Å²) < 4.78 is 70.4. The van der Waals surface area contributed by atoms with Crippen LogP contribution in [-0.4, -0.2) is 19.7 Å². The van der Waals surface area contributed by atoms with Gasteiger partial charge in [0, 0.05) is 5.56 Å². The molecular weight excluding hydrogens is 384 g/mol. The smallest absolute Gasteiger partial charge is 0.419 e. The molecule has 1 atom stereocenters. The highest BCUT2D eigenvalue weighted by Gasteiger charge is 2.46. The van der Waals surface area contributed by atoms with E-state index in [1.165, 1.54) is 13.8 Å². The van der Waals surface area contributed by atoms with Crippen LogP contribution in [0.2, 0.25) is 0 Å². The van der Waals surface area contributed by atoms with E-state index in [1.807, 2.05) is 0 Å². The average Bonchev–Trinajstić information content (AvgIpc) is 2.59. The minimum atomic E-state index is -5.14. The highest BCUT2D eigenvalue weighted by atomic mass is 19.4. The van der Waals surface area contributed by atoms with Gasteiger partial charge in [-0.05, 0) is 26.0 Å². The predicted octanol–water partition coefficient (Wildman–Crippen LogP) is 3.50. The Hall–Kier alpha value is -3.22. The summed E-state index contributed by atoms with van der Waals surface area (Å²) in [4.78, 5) is 12.5. The minimum Gasteiger partial charge on any atom is -0.496 e. The molecule has 1 unspecified atom stereocenters. The minimum absolute atomic E-state index is 0.0875. The number of halogens is 4. The van der Waals surface area contributed by atoms with Crippen molar-refractivity contribution < 1.29 is 36.6 Å². The molecule has 0 aliphatic carbocycles. The SMILES string of the molecule is CCOC(=O)C1=C(C)OC(N)=C(C#N)C1c1c(OC)ccc(F)c1C(F)(F)F. The quantitative estimate of drug-likeness (QED) is 0.614. The molecule has 0 radical (unpaired) electrons. The van der Waals surface area contributed by atoms with E-state index in [2.05, 4.69) is 0 Å². The van der Waals surface area contributed by atoms with E-state index >= 15 is 0 Å². The zero-order valence-electron chi connectivity index (χ0n) is 15.1. The Morgan fingerprint density at radius 2 is 2.04 bits per heavy atom. The number of ether oxygens (including phenoxy) is 3. The summed E-state index contributed by atoms with van der Waals surface area (Å²) in [6.45, 7) is 2.68. The zero-order chi connectivity index (χ0) is 21.2. The summed E-state index contributed by atoms with van der Waals surface area (Å²) >= 11 is 0. The number of alkyl halides is 3. The summed E-state index contributed by atoms with van der Waals surface area (Å²) in [6, 6.07) is 3.20. The first-order valence-corrected chi connectivity index (χ1v) is 7.97. The summed E-state index contributed by atoms with van der Waals surface area (Å²) in [5.74, 6) is -5.36. The molecule has 0 amide bonds. The van der Waals surface area contributed by atoms with Gasteiger partial charge in [-0.15, -0.1) is 0 Å². The Morgan fingerprint density at radius 3 is 2.54 bits per heavy atom. The summed E-state index contributed by atoms with van der Waals surface area (Å²) in [5, 5.41) is 9.48. The molecule has 0 fully saturated rings. The van der Waals surface area contributed by atoms with E-state index in [0.29, 0.717) is 6.07 Å². The van der Waals surface area contributed by atoms with Crippen molar-refractivity contribution in [1.29, 1.82) is 5.26 Å². The first-order chi connectivity index (χ1) is 13.1. The Labute approximate surface area is 157 Å². The number of carbonyl (C=O) groups is 1. The molecule has 1 aromatic carbocycles. The second kappa shape index (κ2) is 7.80. The molecule has 2 N–H and O–H groups in total. The third-order valence-electron chi connectivity index (χ3n) is 4.05. The molecular formula is C18H16F4N2O4. The van der Waals surface area contributed by atoms with Crippen molar-refractivity contribution in [3.63, 3.8) is 0 Å². The van der Waals surface area contributed by atoms with Crippen LogP contribution in [-0.2, 0) is 20.4 Å². The molecule has 1 aromatic rings. The van der Waals surface area contributed by atoms with Crippen LogP contribution in [0.25, 0.3) is 0 Å². The summed E-state index contributed by atoms with van der Waals surface area (Å²) in [7, 11) is 1.08. The molecule has 0 saturated carbocycles. The van der Waals surface area contributed by atoms with Gasteiger partial charge in [-0.25, -0.2) is 9.18 Å². The fourth-order valence-corrected chi connectivity index (χ4v) is 2.97. The van der Waals surface area contributed by atoms with Crippen molar-refractivity contribution in [2.75, 3.05) is 13.7 Å². The molecule has 6 nitrogen and oxygen atoms in total. The van der Waals surface area contributed by atoms with Crippen LogP contribution in [0.4, 0.5) is 17.6 Å². The number of methoxy groups -OCH3 is 1. The number of hydrogen-bond acceptors (Lipinski definition) is 6. The molecule has 2 rings (SSSR count). The maximum atomic E-state index is 14.2. The molecule has 10 heteroatoms. The molecule has 0 saturated heterocycles. The van der Waals surface area contributed by atoms with Crippen molar-refractivity contribution in [2.45, 2.75) is 25.9 Å². The van der Waals surface area contributed by atoms with Gasteiger partial charge in [0.15, 0.2) is 0 Å². The summed E-state index contributed by atoms with van der Waals surface area (Å²) in [6.07, 6.45) is -5.14.